The Morgan fingerprint density at radius 2 is 2.05 bits per heavy atom. The molecule has 0 aliphatic heterocycles. The summed E-state index contributed by atoms with van der Waals surface area (Å²) in [7, 11) is 1.72. The molecule has 0 spiro atoms. The average molecular weight is 289 g/mol. The summed E-state index contributed by atoms with van der Waals surface area (Å²) in [6.45, 7) is 6.56. The summed E-state index contributed by atoms with van der Waals surface area (Å²) < 4.78 is 5.16. The number of rotatable bonds is 7. The zero-order chi connectivity index (χ0) is 15.1. The summed E-state index contributed by atoms with van der Waals surface area (Å²) in [4.78, 5) is 4.79. The SMILES string of the molecule is CCNC(=NCC1(c2ccccc2)CC1)NC(C)COC. The minimum atomic E-state index is 0.250. The second kappa shape index (κ2) is 7.46. The van der Waals surface area contributed by atoms with E-state index in [1.807, 2.05) is 0 Å². The molecule has 1 aromatic rings. The van der Waals surface area contributed by atoms with Crippen molar-refractivity contribution in [3.8, 4) is 0 Å². The Morgan fingerprint density at radius 1 is 1.33 bits per heavy atom. The molecule has 1 aliphatic carbocycles. The summed E-state index contributed by atoms with van der Waals surface area (Å²) in [6, 6.07) is 11.0. The minimum absolute atomic E-state index is 0.250. The molecule has 0 heterocycles. The third kappa shape index (κ3) is 4.46. The van der Waals surface area contributed by atoms with E-state index in [0.29, 0.717) is 6.61 Å². The van der Waals surface area contributed by atoms with Gasteiger partial charge in [-0.05, 0) is 32.3 Å². The van der Waals surface area contributed by atoms with Crippen LogP contribution in [0.1, 0.15) is 32.3 Å². The zero-order valence-corrected chi connectivity index (χ0v) is 13.4. The molecule has 1 saturated carbocycles. The van der Waals surface area contributed by atoms with Crippen LogP contribution >= 0.6 is 0 Å². The number of guanidine groups is 1. The second-order valence-corrected chi connectivity index (χ2v) is 5.84. The van der Waals surface area contributed by atoms with E-state index in [9.17, 15) is 0 Å². The highest BCUT2D eigenvalue weighted by Gasteiger charge is 2.43. The van der Waals surface area contributed by atoms with Gasteiger partial charge in [0.1, 0.15) is 0 Å². The van der Waals surface area contributed by atoms with E-state index in [-0.39, 0.29) is 11.5 Å². The van der Waals surface area contributed by atoms with Gasteiger partial charge in [0, 0.05) is 25.1 Å². The van der Waals surface area contributed by atoms with Gasteiger partial charge in [0.05, 0.1) is 13.2 Å². The Bertz CT molecular complexity index is 454. The first-order valence-electron chi connectivity index (χ1n) is 7.79. The lowest BCUT2D eigenvalue weighted by Crippen LogP contribution is -2.44. The predicted molar refractivity (Wildman–Crippen MR) is 87.8 cm³/mol. The summed E-state index contributed by atoms with van der Waals surface area (Å²) in [5.74, 6) is 0.879. The second-order valence-electron chi connectivity index (χ2n) is 5.84. The Labute approximate surface area is 128 Å². The van der Waals surface area contributed by atoms with Gasteiger partial charge in [-0.25, -0.2) is 0 Å². The highest BCUT2D eigenvalue weighted by atomic mass is 16.5. The molecule has 0 amide bonds. The van der Waals surface area contributed by atoms with Crippen molar-refractivity contribution in [3.63, 3.8) is 0 Å². The van der Waals surface area contributed by atoms with Crippen molar-refractivity contribution in [2.24, 2.45) is 4.99 Å². The maximum absolute atomic E-state index is 5.16. The molecular formula is C17H27N3O. The van der Waals surface area contributed by atoms with Gasteiger partial charge in [0.15, 0.2) is 5.96 Å². The fraction of sp³-hybridized carbons (Fsp3) is 0.588. The Morgan fingerprint density at radius 3 is 2.62 bits per heavy atom. The quantitative estimate of drug-likeness (QED) is 0.598. The monoisotopic (exact) mass is 289 g/mol. The normalized spacial score (nSPS) is 18.1. The van der Waals surface area contributed by atoms with Crippen LogP contribution in [0.5, 0.6) is 0 Å². The van der Waals surface area contributed by atoms with E-state index in [2.05, 4.69) is 54.8 Å². The lowest BCUT2D eigenvalue weighted by atomic mass is 9.96. The van der Waals surface area contributed by atoms with Crippen LogP contribution in [0.2, 0.25) is 0 Å². The van der Waals surface area contributed by atoms with E-state index < -0.39 is 0 Å². The number of methoxy groups -OCH3 is 1. The molecule has 1 unspecified atom stereocenters. The van der Waals surface area contributed by atoms with Crippen molar-refractivity contribution >= 4 is 5.96 Å². The number of nitrogens with one attached hydrogen (secondary N) is 2. The molecule has 4 heteroatoms. The number of aliphatic imine (C=N–C) groups is 1. The number of nitrogens with zero attached hydrogens (tertiary/aromatic N) is 1. The number of benzene rings is 1. The molecule has 2 N–H and O–H groups in total. The Kier molecular flexibility index (Phi) is 5.62. The highest BCUT2D eigenvalue weighted by molar-refractivity contribution is 5.80. The van der Waals surface area contributed by atoms with Crippen molar-refractivity contribution in [2.45, 2.75) is 38.1 Å². The molecule has 1 aromatic carbocycles. The van der Waals surface area contributed by atoms with Crippen molar-refractivity contribution < 1.29 is 4.74 Å². The molecule has 2 rings (SSSR count). The lowest BCUT2D eigenvalue weighted by Gasteiger charge is -2.19. The average Bonchev–Trinajstić information content (AvgIpc) is 3.27. The molecule has 0 saturated heterocycles. The standard InChI is InChI=1S/C17H27N3O/c1-4-18-16(20-14(2)12-21-3)19-13-17(10-11-17)15-8-6-5-7-9-15/h5-9,14H,4,10-13H2,1-3H3,(H2,18,19,20). The highest BCUT2D eigenvalue weighted by Crippen LogP contribution is 2.48. The third-order valence-electron chi connectivity index (χ3n) is 3.92. The van der Waals surface area contributed by atoms with Gasteiger partial charge in [-0.15, -0.1) is 0 Å². The lowest BCUT2D eigenvalue weighted by molar-refractivity contribution is 0.179. The molecule has 0 bridgehead atoms. The summed E-state index contributed by atoms with van der Waals surface area (Å²) in [6.07, 6.45) is 2.46. The van der Waals surface area contributed by atoms with Gasteiger partial charge in [-0.2, -0.15) is 0 Å². The maximum Gasteiger partial charge on any atom is 0.191 e. The van der Waals surface area contributed by atoms with Crippen molar-refractivity contribution in [1.82, 2.24) is 10.6 Å². The van der Waals surface area contributed by atoms with E-state index in [1.54, 1.807) is 7.11 Å². The molecular weight excluding hydrogens is 262 g/mol. The molecule has 1 aliphatic rings. The predicted octanol–water partition coefficient (Wildman–Crippen LogP) is 2.31. The van der Waals surface area contributed by atoms with Gasteiger partial charge in [0.25, 0.3) is 0 Å². The van der Waals surface area contributed by atoms with Gasteiger partial charge < -0.3 is 15.4 Å². The smallest absolute Gasteiger partial charge is 0.191 e. The fourth-order valence-electron chi connectivity index (χ4n) is 2.56. The first kappa shape index (κ1) is 15.8. The minimum Gasteiger partial charge on any atom is -0.383 e. The molecule has 1 atom stereocenters. The zero-order valence-electron chi connectivity index (χ0n) is 13.4. The summed E-state index contributed by atoms with van der Waals surface area (Å²) in [5.41, 5.74) is 1.67. The molecule has 1 fully saturated rings. The summed E-state index contributed by atoms with van der Waals surface area (Å²) in [5, 5.41) is 6.69. The van der Waals surface area contributed by atoms with Crippen LogP contribution in [0.25, 0.3) is 0 Å². The molecule has 21 heavy (non-hydrogen) atoms. The van der Waals surface area contributed by atoms with Crippen molar-refractivity contribution in [3.05, 3.63) is 35.9 Å². The van der Waals surface area contributed by atoms with Gasteiger partial charge in [-0.1, -0.05) is 30.3 Å². The largest absolute Gasteiger partial charge is 0.383 e. The van der Waals surface area contributed by atoms with E-state index in [0.717, 1.165) is 19.0 Å². The van der Waals surface area contributed by atoms with Crippen LogP contribution in [0, 0.1) is 0 Å². The molecule has 0 radical (unpaired) electrons. The number of ether oxygens (including phenoxy) is 1. The first-order valence-corrected chi connectivity index (χ1v) is 7.79. The molecule has 0 aromatic heterocycles. The number of hydrogen-bond donors (Lipinski definition) is 2. The fourth-order valence-corrected chi connectivity index (χ4v) is 2.56. The van der Waals surface area contributed by atoms with E-state index >= 15 is 0 Å². The van der Waals surface area contributed by atoms with Crippen LogP contribution in [-0.4, -0.2) is 38.8 Å². The van der Waals surface area contributed by atoms with Crippen molar-refractivity contribution in [1.29, 1.82) is 0 Å². The topological polar surface area (TPSA) is 45.7 Å². The first-order chi connectivity index (χ1) is 10.2. The molecule has 116 valence electrons. The van der Waals surface area contributed by atoms with Crippen molar-refractivity contribution in [2.75, 3.05) is 26.8 Å². The van der Waals surface area contributed by atoms with Crippen LogP contribution in [0.4, 0.5) is 0 Å². The van der Waals surface area contributed by atoms with E-state index in [1.165, 1.54) is 18.4 Å². The van der Waals surface area contributed by atoms with Crippen LogP contribution in [-0.2, 0) is 10.2 Å². The third-order valence-corrected chi connectivity index (χ3v) is 3.92. The van der Waals surface area contributed by atoms with Crippen LogP contribution < -0.4 is 10.6 Å². The van der Waals surface area contributed by atoms with E-state index in [4.69, 9.17) is 9.73 Å². The summed E-state index contributed by atoms with van der Waals surface area (Å²) >= 11 is 0. The number of hydrogen-bond acceptors (Lipinski definition) is 2. The van der Waals surface area contributed by atoms with Crippen LogP contribution in [0.15, 0.2) is 35.3 Å². The van der Waals surface area contributed by atoms with Gasteiger partial charge >= 0.3 is 0 Å². The Hall–Kier alpha value is -1.55. The van der Waals surface area contributed by atoms with Gasteiger partial charge in [-0.3, -0.25) is 4.99 Å². The molecule has 4 nitrogen and oxygen atoms in total. The maximum atomic E-state index is 5.16. The van der Waals surface area contributed by atoms with Crippen LogP contribution in [0.3, 0.4) is 0 Å². The Balaban J connectivity index is 1.99. The van der Waals surface area contributed by atoms with Gasteiger partial charge in [0.2, 0.25) is 0 Å².